The molecule has 0 aliphatic heterocycles. The summed E-state index contributed by atoms with van der Waals surface area (Å²) < 4.78 is 19.0. The van der Waals surface area contributed by atoms with Crippen LogP contribution in [0.4, 0.5) is 15.8 Å². The van der Waals surface area contributed by atoms with E-state index in [9.17, 15) is 9.18 Å². The van der Waals surface area contributed by atoms with Crippen LogP contribution in [0.25, 0.3) is 0 Å². The number of ether oxygens (including phenoxy) is 1. The molecular weight excluding hydrogens is 271 g/mol. The van der Waals surface area contributed by atoms with Crippen molar-refractivity contribution >= 4 is 17.3 Å². The number of benzene rings is 2. The number of hydrogen-bond acceptors (Lipinski definition) is 3. The third-order valence-corrected chi connectivity index (χ3v) is 2.93. The van der Waals surface area contributed by atoms with Crippen molar-refractivity contribution in [2.24, 2.45) is 0 Å². The second kappa shape index (κ2) is 6.74. The molecule has 0 aliphatic rings. The van der Waals surface area contributed by atoms with E-state index < -0.39 is 0 Å². The first-order valence-corrected chi connectivity index (χ1v) is 6.53. The van der Waals surface area contributed by atoms with Crippen LogP contribution < -0.4 is 15.4 Å². The van der Waals surface area contributed by atoms with E-state index in [0.717, 1.165) is 5.69 Å². The van der Waals surface area contributed by atoms with Crippen LogP contribution in [0.2, 0.25) is 0 Å². The molecule has 5 heteroatoms. The maximum absolute atomic E-state index is 14.0. The van der Waals surface area contributed by atoms with Gasteiger partial charge in [0.15, 0.2) is 11.6 Å². The molecule has 0 fully saturated rings. The SMILES string of the molecule is COc1cccc(CNc2cccc(NC(C)=O)c2)c1F. The molecule has 1 amide bonds. The van der Waals surface area contributed by atoms with Crippen LogP contribution >= 0.6 is 0 Å². The molecule has 0 heterocycles. The van der Waals surface area contributed by atoms with Crippen molar-refractivity contribution < 1.29 is 13.9 Å². The first kappa shape index (κ1) is 14.8. The molecule has 0 unspecified atom stereocenters. The Morgan fingerprint density at radius 2 is 1.90 bits per heavy atom. The van der Waals surface area contributed by atoms with Crippen LogP contribution in [0.15, 0.2) is 42.5 Å². The molecule has 110 valence electrons. The predicted octanol–water partition coefficient (Wildman–Crippen LogP) is 3.40. The van der Waals surface area contributed by atoms with E-state index in [1.54, 1.807) is 30.3 Å². The highest BCUT2D eigenvalue weighted by Gasteiger charge is 2.08. The molecule has 0 saturated heterocycles. The van der Waals surface area contributed by atoms with Gasteiger partial charge in [-0.1, -0.05) is 18.2 Å². The Kier molecular flexibility index (Phi) is 4.77. The van der Waals surface area contributed by atoms with Gasteiger partial charge in [0.25, 0.3) is 0 Å². The minimum Gasteiger partial charge on any atom is -0.494 e. The third-order valence-electron chi connectivity index (χ3n) is 2.93. The summed E-state index contributed by atoms with van der Waals surface area (Å²) in [5.41, 5.74) is 2.00. The molecule has 0 saturated carbocycles. The largest absolute Gasteiger partial charge is 0.494 e. The average Bonchev–Trinajstić information content (AvgIpc) is 2.46. The molecule has 21 heavy (non-hydrogen) atoms. The zero-order valence-corrected chi connectivity index (χ0v) is 11.9. The lowest BCUT2D eigenvalue weighted by Crippen LogP contribution is -2.07. The second-order valence-electron chi connectivity index (χ2n) is 4.55. The van der Waals surface area contributed by atoms with E-state index >= 15 is 0 Å². The Morgan fingerprint density at radius 3 is 2.62 bits per heavy atom. The number of carbonyl (C=O) groups is 1. The van der Waals surface area contributed by atoms with Gasteiger partial charge in [-0.2, -0.15) is 0 Å². The van der Waals surface area contributed by atoms with Crippen LogP contribution in [0.1, 0.15) is 12.5 Å². The number of nitrogens with one attached hydrogen (secondary N) is 2. The van der Waals surface area contributed by atoms with Gasteiger partial charge in [-0.05, 0) is 24.3 Å². The van der Waals surface area contributed by atoms with Gasteiger partial charge in [0, 0.05) is 30.4 Å². The molecule has 0 radical (unpaired) electrons. The standard InChI is InChI=1S/C16H17FN2O2/c1-11(20)19-14-7-4-6-13(9-14)18-10-12-5-3-8-15(21-2)16(12)17/h3-9,18H,10H2,1-2H3,(H,19,20). The summed E-state index contributed by atoms with van der Waals surface area (Å²) in [6.45, 7) is 1.78. The fourth-order valence-corrected chi connectivity index (χ4v) is 1.96. The minimum atomic E-state index is -0.370. The fourth-order valence-electron chi connectivity index (χ4n) is 1.96. The topological polar surface area (TPSA) is 50.4 Å². The molecule has 2 N–H and O–H groups in total. The maximum Gasteiger partial charge on any atom is 0.221 e. The quantitative estimate of drug-likeness (QED) is 0.886. The van der Waals surface area contributed by atoms with Gasteiger partial charge in [-0.25, -0.2) is 4.39 Å². The van der Waals surface area contributed by atoms with Gasteiger partial charge >= 0.3 is 0 Å². The van der Waals surface area contributed by atoms with Crippen LogP contribution in [0, 0.1) is 5.82 Å². The summed E-state index contributed by atoms with van der Waals surface area (Å²) >= 11 is 0. The van der Waals surface area contributed by atoms with Crippen LogP contribution in [0.3, 0.4) is 0 Å². The van der Waals surface area contributed by atoms with Crippen LogP contribution in [0.5, 0.6) is 5.75 Å². The number of anilines is 2. The van der Waals surface area contributed by atoms with E-state index in [1.807, 2.05) is 12.1 Å². The summed E-state index contributed by atoms with van der Waals surface area (Å²) in [6, 6.07) is 12.3. The Balaban J connectivity index is 2.08. The molecule has 0 spiro atoms. The molecule has 0 bridgehead atoms. The van der Waals surface area contributed by atoms with Gasteiger partial charge < -0.3 is 15.4 Å². The van der Waals surface area contributed by atoms with Gasteiger partial charge in [0.1, 0.15) is 0 Å². The molecular formula is C16H17FN2O2. The molecule has 2 aromatic rings. The summed E-state index contributed by atoms with van der Waals surface area (Å²) in [5.74, 6) is -0.280. The van der Waals surface area contributed by atoms with Crippen molar-refractivity contribution in [2.45, 2.75) is 13.5 Å². The zero-order chi connectivity index (χ0) is 15.2. The molecule has 4 nitrogen and oxygen atoms in total. The van der Waals surface area contributed by atoms with Crippen LogP contribution in [-0.4, -0.2) is 13.0 Å². The first-order valence-electron chi connectivity index (χ1n) is 6.53. The third kappa shape index (κ3) is 3.95. The summed E-state index contributed by atoms with van der Waals surface area (Å²) in [6.07, 6.45) is 0. The number of carbonyl (C=O) groups excluding carboxylic acids is 1. The molecule has 2 rings (SSSR count). The number of rotatable bonds is 5. The van der Waals surface area contributed by atoms with E-state index in [0.29, 0.717) is 17.8 Å². The summed E-state index contributed by atoms with van der Waals surface area (Å²) in [5, 5.41) is 5.82. The Bertz CT molecular complexity index is 644. The first-order chi connectivity index (χ1) is 10.1. The molecule has 2 aromatic carbocycles. The monoisotopic (exact) mass is 288 g/mol. The van der Waals surface area contributed by atoms with E-state index in [1.165, 1.54) is 14.0 Å². The summed E-state index contributed by atoms with van der Waals surface area (Å²) in [7, 11) is 1.44. The Morgan fingerprint density at radius 1 is 1.19 bits per heavy atom. The van der Waals surface area contributed by atoms with Gasteiger partial charge in [0.05, 0.1) is 7.11 Å². The highest BCUT2D eigenvalue weighted by molar-refractivity contribution is 5.89. The predicted molar refractivity (Wildman–Crippen MR) is 81.0 cm³/mol. The molecule has 0 aliphatic carbocycles. The Hall–Kier alpha value is -2.56. The highest BCUT2D eigenvalue weighted by atomic mass is 19.1. The van der Waals surface area contributed by atoms with Crippen molar-refractivity contribution in [3.8, 4) is 5.75 Å². The molecule has 0 atom stereocenters. The van der Waals surface area contributed by atoms with Crippen molar-refractivity contribution in [3.05, 3.63) is 53.8 Å². The number of amides is 1. The molecule has 0 aromatic heterocycles. The van der Waals surface area contributed by atoms with Crippen molar-refractivity contribution in [2.75, 3.05) is 17.7 Å². The lowest BCUT2D eigenvalue weighted by molar-refractivity contribution is -0.114. The van der Waals surface area contributed by atoms with E-state index in [4.69, 9.17) is 4.74 Å². The van der Waals surface area contributed by atoms with Gasteiger partial charge in [-0.15, -0.1) is 0 Å². The maximum atomic E-state index is 14.0. The smallest absolute Gasteiger partial charge is 0.221 e. The normalized spacial score (nSPS) is 10.0. The van der Waals surface area contributed by atoms with Crippen LogP contribution in [-0.2, 0) is 11.3 Å². The number of halogens is 1. The second-order valence-corrected chi connectivity index (χ2v) is 4.55. The van der Waals surface area contributed by atoms with Gasteiger partial charge in [0.2, 0.25) is 5.91 Å². The highest BCUT2D eigenvalue weighted by Crippen LogP contribution is 2.21. The number of hydrogen-bond donors (Lipinski definition) is 2. The lowest BCUT2D eigenvalue weighted by Gasteiger charge is -2.11. The van der Waals surface area contributed by atoms with Crippen molar-refractivity contribution in [1.29, 1.82) is 0 Å². The van der Waals surface area contributed by atoms with E-state index in [2.05, 4.69) is 10.6 Å². The van der Waals surface area contributed by atoms with Crippen molar-refractivity contribution in [3.63, 3.8) is 0 Å². The van der Waals surface area contributed by atoms with E-state index in [-0.39, 0.29) is 17.5 Å². The lowest BCUT2D eigenvalue weighted by atomic mass is 10.2. The Labute approximate surface area is 122 Å². The van der Waals surface area contributed by atoms with Gasteiger partial charge in [-0.3, -0.25) is 4.79 Å². The minimum absolute atomic E-state index is 0.133. The fraction of sp³-hybridized carbons (Fsp3) is 0.188. The summed E-state index contributed by atoms with van der Waals surface area (Å²) in [4.78, 5) is 11.0. The number of methoxy groups -OCH3 is 1. The zero-order valence-electron chi connectivity index (χ0n) is 11.9. The average molecular weight is 288 g/mol. The van der Waals surface area contributed by atoms with Crippen molar-refractivity contribution in [1.82, 2.24) is 0 Å².